The number of H-pyrrole nitrogens is 1. The maximum atomic E-state index is 12.2. The van der Waals surface area contributed by atoms with Crippen molar-refractivity contribution < 1.29 is 4.74 Å². The molecule has 4 N–H and O–H groups in total. The molecule has 1 saturated heterocycles. The molecular weight excluding hydrogens is 296 g/mol. The van der Waals surface area contributed by atoms with Gasteiger partial charge in [0.25, 0.3) is 0 Å². The van der Waals surface area contributed by atoms with Gasteiger partial charge < -0.3 is 20.8 Å². The number of hydrogen-bond acceptors (Lipinski definition) is 6. The lowest BCUT2D eigenvalue weighted by atomic mass is 10.1. The molecule has 0 bridgehead atoms. The molecule has 1 aliphatic rings. The SMILES string of the molecule is CCCCNc1nc(N)c2[nH]c(=O)n(CCC3CCOC3)c2n1. The summed E-state index contributed by atoms with van der Waals surface area (Å²) in [5.41, 5.74) is 6.86. The van der Waals surface area contributed by atoms with Gasteiger partial charge in [-0.1, -0.05) is 13.3 Å². The number of anilines is 2. The highest BCUT2D eigenvalue weighted by Gasteiger charge is 2.18. The molecule has 8 nitrogen and oxygen atoms in total. The summed E-state index contributed by atoms with van der Waals surface area (Å²) in [5.74, 6) is 1.28. The normalized spacial score (nSPS) is 17.9. The van der Waals surface area contributed by atoms with Gasteiger partial charge in [-0.15, -0.1) is 0 Å². The fourth-order valence-corrected chi connectivity index (χ4v) is 2.84. The van der Waals surface area contributed by atoms with Gasteiger partial charge in [-0.3, -0.25) is 4.57 Å². The number of nitrogens with zero attached hydrogens (tertiary/aromatic N) is 3. The van der Waals surface area contributed by atoms with E-state index >= 15 is 0 Å². The highest BCUT2D eigenvalue weighted by molar-refractivity contribution is 5.82. The van der Waals surface area contributed by atoms with Crippen LogP contribution in [0, 0.1) is 5.92 Å². The number of nitrogens with two attached hydrogens (primary N) is 1. The maximum Gasteiger partial charge on any atom is 0.327 e. The maximum absolute atomic E-state index is 12.2. The molecular formula is C15H24N6O2. The predicted molar refractivity (Wildman–Crippen MR) is 89.5 cm³/mol. The van der Waals surface area contributed by atoms with Crippen LogP contribution in [0.25, 0.3) is 11.2 Å². The minimum Gasteiger partial charge on any atom is -0.382 e. The number of ether oxygens (including phenoxy) is 1. The van der Waals surface area contributed by atoms with Gasteiger partial charge in [0, 0.05) is 26.3 Å². The third-order valence-corrected chi connectivity index (χ3v) is 4.25. The van der Waals surface area contributed by atoms with Gasteiger partial charge in [-0.05, 0) is 25.2 Å². The Hall–Kier alpha value is -2.09. The number of nitrogens with one attached hydrogen (secondary N) is 2. The Morgan fingerprint density at radius 3 is 3.09 bits per heavy atom. The number of aryl methyl sites for hydroxylation is 1. The Morgan fingerprint density at radius 1 is 1.48 bits per heavy atom. The minimum atomic E-state index is -0.189. The van der Waals surface area contributed by atoms with Gasteiger partial charge in [-0.2, -0.15) is 9.97 Å². The molecule has 0 aromatic carbocycles. The highest BCUT2D eigenvalue weighted by atomic mass is 16.5. The van der Waals surface area contributed by atoms with E-state index in [0.717, 1.165) is 45.4 Å². The number of aromatic amines is 1. The molecule has 0 spiro atoms. The van der Waals surface area contributed by atoms with Crippen molar-refractivity contribution in [1.82, 2.24) is 19.5 Å². The molecule has 3 heterocycles. The van der Waals surface area contributed by atoms with Crippen molar-refractivity contribution >= 4 is 22.9 Å². The van der Waals surface area contributed by atoms with Gasteiger partial charge >= 0.3 is 5.69 Å². The average molecular weight is 320 g/mol. The molecule has 1 aliphatic heterocycles. The van der Waals surface area contributed by atoms with Crippen molar-refractivity contribution in [3.8, 4) is 0 Å². The van der Waals surface area contributed by atoms with Crippen molar-refractivity contribution in [3.05, 3.63) is 10.5 Å². The molecule has 3 rings (SSSR count). The van der Waals surface area contributed by atoms with Crippen LogP contribution in [-0.4, -0.2) is 39.3 Å². The van der Waals surface area contributed by atoms with Gasteiger partial charge in [0.1, 0.15) is 5.52 Å². The van der Waals surface area contributed by atoms with Crippen molar-refractivity contribution in [1.29, 1.82) is 0 Å². The Morgan fingerprint density at radius 2 is 2.35 bits per heavy atom. The second-order valence-electron chi connectivity index (χ2n) is 6.01. The lowest BCUT2D eigenvalue weighted by Gasteiger charge is -2.09. The topological polar surface area (TPSA) is 111 Å². The number of nitrogen functional groups attached to an aromatic ring is 1. The second kappa shape index (κ2) is 6.99. The molecule has 0 aliphatic carbocycles. The molecule has 0 saturated carbocycles. The minimum absolute atomic E-state index is 0.189. The van der Waals surface area contributed by atoms with Crippen LogP contribution >= 0.6 is 0 Å². The first-order valence-electron chi connectivity index (χ1n) is 8.26. The molecule has 1 atom stereocenters. The second-order valence-corrected chi connectivity index (χ2v) is 6.01. The smallest absolute Gasteiger partial charge is 0.327 e. The summed E-state index contributed by atoms with van der Waals surface area (Å²) in [6, 6.07) is 0. The third kappa shape index (κ3) is 3.47. The van der Waals surface area contributed by atoms with Crippen LogP contribution in [0.3, 0.4) is 0 Å². The summed E-state index contributed by atoms with van der Waals surface area (Å²) < 4.78 is 7.04. The number of rotatable bonds is 7. The van der Waals surface area contributed by atoms with Crippen molar-refractivity contribution in [2.45, 2.75) is 39.2 Å². The molecule has 1 fully saturated rings. The summed E-state index contributed by atoms with van der Waals surface area (Å²) in [7, 11) is 0. The summed E-state index contributed by atoms with van der Waals surface area (Å²) in [6.45, 7) is 5.11. The predicted octanol–water partition coefficient (Wildman–Crippen LogP) is 1.34. The van der Waals surface area contributed by atoms with E-state index in [1.807, 2.05) is 0 Å². The van der Waals surface area contributed by atoms with E-state index in [9.17, 15) is 4.79 Å². The quantitative estimate of drug-likeness (QED) is 0.664. The van der Waals surface area contributed by atoms with E-state index in [0.29, 0.717) is 35.4 Å². The number of unbranched alkanes of at least 4 members (excludes halogenated alkanes) is 1. The zero-order chi connectivity index (χ0) is 16.2. The van der Waals surface area contributed by atoms with Gasteiger partial charge in [0.05, 0.1) is 0 Å². The Bertz CT molecular complexity index is 717. The first-order chi connectivity index (χ1) is 11.2. The molecule has 0 amide bonds. The molecule has 1 unspecified atom stereocenters. The van der Waals surface area contributed by atoms with Crippen LogP contribution in [0.4, 0.5) is 11.8 Å². The van der Waals surface area contributed by atoms with Crippen LogP contribution < -0.4 is 16.7 Å². The lowest BCUT2D eigenvalue weighted by molar-refractivity contribution is 0.183. The van der Waals surface area contributed by atoms with Crippen molar-refractivity contribution in [2.24, 2.45) is 5.92 Å². The zero-order valence-electron chi connectivity index (χ0n) is 13.5. The fourth-order valence-electron chi connectivity index (χ4n) is 2.84. The zero-order valence-corrected chi connectivity index (χ0v) is 13.5. The van der Waals surface area contributed by atoms with Crippen molar-refractivity contribution in [3.63, 3.8) is 0 Å². The van der Waals surface area contributed by atoms with Crippen LogP contribution in [0.15, 0.2) is 4.79 Å². The molecule has 2 aromatic rings. The van der Waals surface area contributed by atoms with E-state index in [1.54, 1.807) is 4.57 Å². The molecule has 23 heavy (non-hydrogen) atoms. The van der Waals surface area contributed by atoms with E-state index < -0.39 is 0 Å². The van der Waals surface area contributed by atoms with E-state index in [-0.39, 0.29) is 5.69 Å². The summed E-state index contributed by atoms with van der Waals surface area (Å²) in [6.07, 6.45) is 4.07. The van der Waals surface area contributed by atoms with E-state index in [4.69, 9.17) is 10.5 Å². The number of fused-ring (bicyclic) bond motifs is 1. The van der Waals surface area contributed by atoms with Crippen LogP contribution in [-0.2, 0) is 11.3 Å². The molecule has 0 radical (unpaired) electrons. The lowest BCUT2D eigenvalue weighted by Crippen LogP contribution is -2.19. The highest BCUT2D eigenvalue weighted by Crippen LogP contribution is 2.20. The van der Waals surface area contributed by atoms with Gasteiger partial charge in [0.15, 0.2) is 11.5 Å². The fraction of sp³-hybridized carbons (Fsp3) is 0.667. The summed E-state index contributed by atoms with van der Waals surface area (Å²) in [5, 5.41) is 3.16. The van der Waals surface area contributed by atoms with E-state index in [1.165, 1.54) is 0 Å². The van der Waals surface area contributed by atoms with Crippen LogP contribution in [0.2, 0.25) is 0 Å². The molecule has 8 heteroatoms. The van der Waals surface area contributed by atoms with Gasteiger partial charge in [0.2, 0.25) is 5.95 Å². The van der Waals surface area contributed by atoms with Crippen LogP contribution in [0.5, 0.6) is 0 Å². The van der Waals surface area contributed by atoms with Gasteiger partial charge in [-0.25, -0.2) is 4.79 Å². The number of hydrogen-bond donors (Lipinski definition) is 3. The number of aromatic nitrogens is 4. The van der Waals surface area contributed by atoms with E-state index in [2.05, 4.69) is 27.2 Å². The Labute approximate surface area is 134 Å². The summed E-state index contributed by atoms with van der Waals surface area (Å²) >= 11 is 0. The third-order valence-electron chi connectivity index (χ3n) is 4.25. The Balaban J connectivity index is 1.83. The average Bonchev–Trinajstić information content (AvgIpc) is 3.14. The van der Waals surface area contributed by atoms with Crippen molar-refractivity contribution in [2.75, 3.05) is 30.8 Å². The first-order valence-corrected chi connectivity index (χ1v) is 8.26. The molecule has 2 aromatic heterocycles. The van der Waals surface area contributed by atoms with Crippen LogP contribution in [0.1, 0.15) is 32.6 Å². The monoisotopic (exact) mass is 320 g/mol. The Kier molecular flexibility index (Phi) is 4.80. The first kappa shape index (κ1) is 15.8. The largest absolute Gasteiger partial charge is 0.382 e. The summed E-state index contributed by atoms with van der Waals surface area (Å²) in [4.78, 5) is 23.7. The number of imidazole rings is 1. The standard InChI is InChI=1S/C15H24N6O2/c1-2-3-6-17-14-19-12(16)11-13(20-14)21(15(22)18-11)7-4-10-5-8-23-9-10/h10H,2-9H2,1H3,(H,18,22)(H3,16,17,19,20). The molecule has 126 valence electrons.